The summed E-state index contributed by atoms with van der Waals surface area (Å²) in [6.45, 7) is 1.78. The second-order valence-corrected chi connectivity index (χ2v) is 5.37. The van der Waals surface area contributed by atoms with Crippen molar-refractivity contribution in [2.75, 3.05) is 39.4 Å². The van der Waals surface area contributed by atoms with Crippen LogP contribution in [0.5, 0.6) is 0 Å². The second-order valence-electron chi connectivity index (χ2n) is 5.37. The Kier molecular flexibility index (Phi) is 5.13. The number of piperidine rings is 1. The predicted molar refractivity (Wildman–Crippen MR) is 67.5 cm³/mol. The van der Waals surface area contributed by atoms with Crippen LogP contribution in [0.15, 0.2) is 0 Å². The summed E-state index contributed by atoms with van der Waals surface area (Å²) >= 11 is 0. The number of aliphatic hydroxyl groups is 5. The molecule has 0 radical (unpaired) electrons. The van der Waals surface area contributed by atoms with Crippen molar-refractivity contribution in [3.63, 3.8) is 0 Å². The van der Waals surface area contributed by atoms with Crippen LogP contribution in [0.4, 0.5) is 0 Å². The monoisotopic (exact) mass is 276 g/mol. The Hall–Kier alpha value is -0.280. The van der Waals surface area contributed by atoms with Crippen molar-refractivity contribution >= 4 is 0 Å². The highest BCUT2D eigenvalue weighted by Gasteiger charge is 2.49. The lowest BCUT2D eigenvalue weighted by molar-refractivity contribution is -0.127. The molecule has 0 bridgehead atoms. The van der Waals surface area contributed by atoms with Gasteiger partial charge >= 0.3 is 0 Å². The molecule has 0 aromatic heterocycles. The minimum atomic E-state index is -1.00. The number of fused-ring (bicyclic) bond motifs is 1. The summed E-state index contributed by atoms with van der Waals surface area (Å²) in [6.07, 6.45) is -1.99. The molecule has 2 aliphatic heterocycles. The Balaban J connectivity index is 2.09. The fraction of sp³-hybridized carbons (Fsp3) is 1.00. The van der Waals surface area contributed by atoms with E-state index in [1.807, 2.05) is 4.90 Å². The fourth-order valence-corrected chi connectivity index (χ4v) is 3.33. The first-order chi connectivity index (χ1) is 9.10. The van der Waals surface area contributed by atoms with E-state index in [0.29, 0.717) is 32.6 Å². The van der Waals surface area contributed by atoms with E-state index in [4.69, 9.17) is 10.2 Å². The lowest BCUT2D eigenvalue weighted by atomic mass is 9.90. The van der Waals surface area contributed by atoms with Crippen LogP contribution >= 0.6 is 0 Å². The first kappa shape index (κ1) is 15.1. The number of rotatable bonds is 5. The van der Waals surface area contributed by atoms with Gasteiger partial charge in [0.25, 0.3) is 0 Å². The van der Waals surface area contributed by atoms with Gasteiger partial charge in [0.05, 0.1) is 43.6 Å². The Morgan fingerprint density at radius 2 is 1.63 bits per heavy atom. The summed E-state index contributed by atoms with van der Waals surface area (Å²) in [6, 6.07) is -0.743. The maximum Gasteiger partial charge on any atom is 0.0994 e. The molecule has 0 saturated carbocycles. The summed E-state index contributed by atoms with van der Waals surface area (Å²) in [5.74, 6) is 0. The Morgan fingerprint density at radius 1 is 1.00 bits per heavy atom. The summed E-state index contributed by atoms with van der Waals surface area (Å²) in [5, 5.41) is 48.4. The molecule has 2 aliphatic rings. The molecule has 0 unspecified atom stereocenters. The molecule has 2 rings (SSSR count). The molecule has 0 amide bonds. The van der Waals surface area contributed by atoms with Crippen molar-refractivity contribution < 1.29 is 25.5 Å². The maximum atomic E-state index is 10.2. The average Bonchev–Trinajstić information content (AvgIpc) is 2.75. The zero-order chi connectivity index (χ0) is 14.0. The molecule has 0 aromatic rings. The Morgan fingerprint density at radius 3 is 2.21 bits per heavy atom. The molecular formula is C12H24N2O5. The van der Waals surface area contributed by atoms with Crippen molar-refractivity contribution in [3.05, 3.63) is 0 Å². The van der Waals surface area contributed by atoms with Gasteiger partial charge in [-0.3, -0.25) is 9.80 Å². The van der Waals surface area contributed by atoms with Crippen LogP contribution in [0.3, 0.4) is 0 Å². The normalized spacial score (nSPS) is 39.8. The Bertz CT molecular complexity index is 287. The molecule has 5 atom stereocenters. The first-order valence-electron chi connectivity index (χ1n) is 6.84. The van der Waals surface area contributed by atoms with E-state index in [-0.39, 0.29) is 19.3 Å². The predicted octanol–water partition coefficient (Wildman–Crippen LogP) is -3.19. The van der Waals surface area contributed by atoms with E-state index in [9.17, 15) is 15.3 Å². The van der Waals surface area contributed by atoms with E-state index in [1.54, 1.807) is 4.90 Å². The summed E-state index contributed by atoms with van der Waals surface area (Å²) < 4.78 is 0. The molecule has 0 aromatic carbocycles. The van der Waals surface area contributed by atoms with Gasteiger partial charge in [-0.1, -0.05) is 0 Å². The van der Waals surface area contributed by atoms with Crippen molar-refractivity contribution in [2.45, 2.75) is 36.8 Å². The second kappa shape index (κ2) is 6.45. The zero-order valence-electron chi connectivity index (χ0n) is 11.0. The van der Waals surface area contributed by atoms with Gasteiger partial charge in [0.15, 0.2) is 0 Å². The van der Waals surface area contributed by atoms with Gasteiger partial charge in [-0.25, -0.2) is 0 Å². The van der Waals surface area contributed by atoms with Gasteiger partial charge in [-0.2, -0.15) is 0 Å². The van der Waals surface area contributed by atoms with Crippen LogP contribution in [-0.4, -0.2) is 105 Å². The topological polar surface area (TPSA) is 108 Å². The first-order valence-corrected chi connectivity index (χ1v) is 6.84. The smallest absolute Gasteiger partial charge is 0.0994 e. The molecule has 2 heterocycles. The Labute approximate surface area is 112 Å². The van der Waals surface area contributed by atoms with Gasteiger partial charge in [0.1, 0.15) is 0 Å². The van der Waals surface area contributed by atoms with Gasteiger partial charge in [0, 0.05) is 26.2 Å². The molecule has 7 nitrogen and oxygen atoms in total. The lowest BCUT2D eigenvalue weighted by Gasteiger charge is -2.46. The zero-order valence-corrected chi connectivity index (χ0v) is 11.0. The number of hydrogen-bond donors (Lipinski definition) is 5. The van der Waals surface area contributed by atoms with E-state index in [1.165, 1.54) is 0 Å². The third kappa shape index (κ3) is 2.92. The maximum absolute atomic E-state index is 10.2. The molecule has 0 aliphatic carbocycles. The molecule has 19 heavy (non-hydrogen) atoms. The van der Waals surface area contributed by atoms with Crippen molar-refractivity contribution in [1.82, 2.24) is 9.80 Å². The van der Waals surface area contributed by atoms with E-state index < -0.39 is 24.4 Å². The van der Waals surface area contributed by atoms with Gasteiger partial charge in [-0.05, 0) is 6.42 Å². The van der Waals surface area contributed by atoms with Crippen LogP contribution in [-0.2, 0) is 0 Å². The van der Waals surface area contributed by atoms with Crippen LogP contribution < -0.4 is 0 Å². The largest absolute Gasteiger partial charge is 0.395 e. The fourth-order valence-electron chi connectivity index (χ4n) is 3.33. The van der Waals surface area contributed by atoms with E-state index in [0.717, 1.165) is 0 Å². The summed E-state index contributed by atoms with van der Waals surface area (Å²) in [5.41, 5.74) is 0. The molecular weight excluding hydrogens is 252 g/mol. The van der Waals surface area contributed by atoms with Gasteiger partial charge in [-0.15, -0.1) is 0 Å². The van der Waals surface area contributed by atoms with Crippen LogP contribution in [0, 0.1) is 0 Å². The van der Waals surface area contributed by atoms with Crippen molar-refractivity contribution in [2.24, 2.45) is 0 Å². The van der Waals surface area contributed by atoms with Crippen LogP contribution in [0.2, 0.25) is 0 Å². The van der Waals surface area contributed by atoms with Gasteiger partial charge < -0.3 is 25.5 Å². The minimum Gasteiger partial charge on any atom is -0.395 e. The highest BCUT2D eigenvalue weighted by Crippen LogP contribution is 2.30. The molecule has 0 spiro atoms. The summed E-state index contributed by atoms with van der Waals surface area (Å²) in [4.78, 5) is 3.77. The van der Waals surface area contributed by atoms with E-state index >= 15 is 0 Å². The van der Waals surface area contributed by atoms with E-state index in [2.05, 4.69) is 0 Å². The molecule has 2 fully saturated rings. The summed E-state index contributed by atoms with van der Waals surface area (Å²) in [7, 11) is 0. The number of aliphatic hydroxyl groups excluding tert-OH is 5. The third-order valence-corrected chi connectivity index (χ3v) is 4.29. The highest BCUT2D eigenvalue weighted by atomic mass is 16.3. The quantitative estimate of drug-likeness (QED) is 0.360. The van der Waals surface area contributed by atoms with Crippen molar-refractivity contribution in [3.8, 4) is 0 Å². The molecule has 2 saturated heterocycles. The van der Waals surface area contributed by atoms with Crippen LogP contribution in [0.1, 0.15) is 6.42 Å². The number of hydrogen-bond acceptors (Lipinski definition) is 7. The average molecular weight is 276 g/mol. The van der Waals surface area contributed by atoms with Gasteiger partial charge in [0.2, 0.25) is 0 Å². The SMILES string of the molecule is OCCN(CCO)[C@H]1CN2CC[C@H](O)[C@@H]2[C@@H](O)[C@@H]1O. The molecule has 7 heteroatoms. The molecule has 112 valence electrons. The number of nitrogens with zero attached hydrogens (tertiary/aromatic N) is 2. The lowest BCUT2D eigenvalue weighted by Crippen LogP contribution is -2.66. The highest BCUT2D eigenvalue weighted by molar-refractivity contribution is 5.04. The van der Waals surface area contributed by atoms with Crippen molar-refractivity contribution in [1.29, 1.82) is 0 Å². The third-order valence-electron chi connectivity index (χ3n) is 4.29. The minimum absolute atomic E-state index is 0.0641. The standard InChI is InChI=1S/C12H24N2O5/c15-5-3-13(4-6-16)8-7-14-2-1-9(17)10(14)12(19)11(8)18/h8-12,15-19H,1-7H2/t8-,9-,10+,11+,12+/m0/s1. The molecule has 5 N–H and O–H groups in total. The van der Waals surface area contributed by atoms with Crippen LogP contribution in [0.25, 0.3) is 0 Å².